The summed E-state index contributed by atoms with van der Waals surface area (Å²) in [5.74, 6) is -1.06. The van der Waals surface area contributed by atoms with E-state index in [1.54, 1.807) is 48.5 Å². The molecule has 3 aromatic rings. The van der Waals surface area contributed by atoms with Gasteiger partial charge in [-0.15, -0.1) is 0 Å². The molecule has 3 rings (SSSR count). The summed E-state index contributed by atoms with van der Waals surface area (Å²) in [7, 11) is 0. The highest BCUT2D eigenvalue weighted by Crippen LogP contribution is 2.21. The van der Waals surface area contributed by atoms with Crippen molar-refractivity contribution >= 4 is 35.0 Å². The Morgan fingerprint density at radius 1 is 0.920 bits per heavy atom. The lowest BCUT2D eigenvalue weighted by Crippen LogP contribution is -2.41. The van der Waals surface area contributed by atoms with Crippen LogP contribution in [-0.2, 0) is 0 Å². The van der Waals surface area contributed by atoms with E-state index < -0.39 is 11.8 Å². The number of aromatic amines is 1. The van der Waals surface area contributed by atoms with E-state index in [4.69, 9.17) is 23.2 Å². The van der Waals surface area contributed by atoms with Crippen molar-refractivity contribution in [2.75, 3.05) is 0 Å². The third kappa shape index (κ3) is 3.99. The monoisotopic (exact) mass is 374 g/mol. The predicted molar refractivity (Wildman–Crippen MR) is 95.4 cm³/mol. The fourth-order valence-electron chi connectivity index (χ4n) is 2.13. The molecule has 25 heavy (non-hydrogen) atoms. The van der Waals surface area contributed by atoms with Crippen LogP contribution < -0.4 is 10.9 Å². The summed E-state index contributed by atoms with van der Waals surface area (Å²) >= 11 is 11.9. The Bertz CT molecular complexity index is 940. The van der Waals surface area contributed by atoms with E-state index in [9.17, 15) is 9.59 Å². The number of benzene rings is 2. The Kier molecular flexibility index (Phi) is 5.02. The number of hydrogen-bond acceptors (Lipinski definition) is 3. The van der Waals surface area contributed by atoms with Crippen LogP contribution in [0.2, 0.25) is 10.0 Å². The van der Waals surface area contributed by atoms with Crippen LogP contribution in [0.15, 0.2) is 54.6 Å². The number of rotatable bonds is 3. The quantitative estimate of drug-likeness (QED) is 0.613. The maximum absolute atomic E-state index is 12.1. The van der Waals surface area contributed by atoms with Gasteiger partial charge in [-0.25, -0.2) is 0 Å². The zero-order valence-electron chi connectivity index (χ0n) is 12.7. The second kappa shape index (κ2) is 7.38. The molecule has 0 radical (unpaired) electrons. The van der Waals surface area contributed by atoms with Crippen molar-refractivity contribution in [3.05, 3.63) is 75.9 Å². The van der Waals surface area contributed by atoms with Crippen LogP contribution in [0.1, 0.15) is 20.8 Å². The molecule has 0 aliphatic heterocycles. The fraction of sp³-hybridized carbons (Fsp3) is 0. The smallest absolute Gasteiger partial charge is 0.272 e. The summed E-state index contributed by atoms with van der Waals surface area (Å²) in [6.45, 7) is 0. The normalized spacial score (nSPS) is 10.3. The Labute approximate surface area is 153 Å². The van der Waals surface area contributed by atoms with Gasteiger partial charge in [0.1, 0.15) is 5.69 Å². The van der Waals surface area contributed by atoms with Crippen LogP contribution in [0.25, 0.3) is 11.3 Å². The van der Waals surface area contributed by atoms with Gasteiger partial charge in [-0.3, -0.25) is 25.5 Å². The minimum absolute atomic E-state index is 0.189. The van der Waals surface area contributed by atoms with Crippen LogP contribution in [0.4, 0.5) is 0 Å². The second-order valence-electron chi connectivity index (χ2n) is 5.07. The Balaban J connectivity index is 1.66. The number of hydrazine groups is 1. The Morgan fingerprint density at radius 2 is 1.68 bits per heavy atom. The van der Waals surface area contributed by atoms with Crippen molar-refractivity contribution in [1.29, 1.82) is 0 Å². The molecule has 126 valence electrons. The number of halogens is 2. The first-order valence-corrected chi connectivity index (χ1v) is 7.97. The number of nitrogens with one attached hydrogen (secondary N) is 3. The van der Waals surface area contributed by atoms with Crippen LogP contribution in [0, 0.1) is 0 Å². The molecule has 2 aromatic carbocycles. The lowest BCUT2D eigenvalue weighted by Gasteiger charge is -2.07. The van der Waals surface area contributed by atoms with E-state index in [1.165, 1.54) is 0 Å². The molecule has 0 bridgehead atoms. The van der Waals surface area contributed by atoms with E-state index in [2.05, 4.69) is 21.0 Å². The van der Waals surface area contributed by atoms with Crippen LogP contribution in [-0.4, -0.2) is 22.0 Å². The van der Waals surface area contributed by atoms with Gasteiger partial charge in [0.15, 0.2) is 0 Å². The number of hydrogen-bond donors (Lipinski definition) is 3. The van der Waals surface area contributed by atoms with Crippen molar-refractivity contribution in [3.63, 3.8) is 0 Å². The van der Waals surface area contributed by atoms with Gasteiger partial charge < -0.3 is 0 Å². The number of nitrogens with zero attached hydrogens (tertiary/aromatic N) is 1. The molecule has 1 aromatic heterocycles. The van der Waals surface area contributed by atoms with Gasteiger partial charge in [0.25, 0.3) is 11.8 Å². The highest BCUT2D eigenvalue weighted by Gasteiger charge is 2.14. The molecule has 0 aliphatic carbocycles. The molecule has 2 amide bonds. The van der Waals surface area contributed by atoms with E-state index in [1.807, 2.05) is 6.07 Å². The second-order valence-corrected chi connectivity index (χ2v) is 5.91. The van der Waals surface area contributed by atoms with Crippen molar-refractivity contribution in [2.24, 2.45) is 0 Å². The first-order chi connectivity index (χ1) is 12.0. The molecular weight excluding hydrogens is 363 g/mol. The molecule has 6 nitrogen and oxygen atoms in total. The summed E-state index contributed by atoms with van der Waals surface area (Å²) in [6.07, 6.45) is 0. The third-order valence-electron chi connectivity index (χ3n) is 3.35. The lowest BCUT2D eigenvalue weighted by atomic mass is 10.1. The fourth-order valence-corrected chi connectivity index (χ4v) is 2.54. The molecule has 3 N–H and O–H groups in total. The first-order valence-electron chi connectivity index (χ1n) is 7.21. The predicted octanol–water partition coefficient (Wildman–Crippen LogP) is 3.46. The van der Waals surface area contributed by atoms with Gasteiger partial charge in [-0.1, -0.05) is 47.5 Å². The average molecular weight is 375 g/mol. The van der Waals surface area contributed by atoms with Crippen molar-refractivity contribution in [2.45, 2.75) is 0 Å². The van der Waals surface area contributed by atoms with Gasteiger partial charge in [0.2, 0.25) is 0 Å². The highest BCUT2D eigenvalue weighted by atomic mass is 35.5. The Hall–Kier alpha value is -2.83. The highest BCUT2D eigenvalue weighted by molar-refractivity contribution is 6.33. The molecule has 0 spiro atoms. The minimum atomic E-state index is -0.541. The Morgan fingerprint density at radius 3 is 2.44 bits per heavy atom. The number of H-pyrrole nitrogens is 1. The van der Waals surface area contributed by atoms with Gasteiger partial charge in [-0.05, 0) is 30.3 Å². The lowest BCUT2D eigenvalue weighted by molar-refractivity contribution is 0.0844. The van der Waals surface area contributed by atoms with Crippen molar-refractivity contribution in [3.8, 4) is 11.3 Å². The molecule has 0 saturated heterocycles. The van der Waals surface area contributed by atoms with E-state index in [0.717, 1.165) is 5.56 Å². The zero-order chi connectivity index (χ0) is 17.8. The summed E-state index contributed by atoms with van der Waals surface area (Å²) in [4.78, 5) is 24.1. The minimum Gasteiger partial charge on any atom is -0.272 e. The molecule has 0 unspecified atom stereocenters. The largest absolute Gasteiger partial charge is 0.287 e. The van der Waals surface area contributed by atoms with Gasteiger partial charge in [-0.2, -0.15) is 5.10 Å². The maximum Gasteiger partial charge on any atom is 0.287 e. The van der Waals surface area contributed by atoms with Crippen molar-refractivity contribution in [1.82, 2.24) is 21.0 Å². The number of aromatic nitrogens is 2. The third-order valence-corrected chi connectivity index (χ3v) is 3.92. The van der Waals surface area contributed by atoms with E-state index >= 15 is 0 Å². The first kappa shape index (κ1) is 17.0. The zero-order valence-corrected chi connectivity index (χ0v) is 14.2. The average Bonchev–Trinajstić information content (AvgIpc) is 3.10. The standard InChI is InChI=1S/C17H12Cl2N4O2/c18-11-5-3-4-10(8-11)14-9-15(21-20-14)17(25)23-22-16(24)12-6-1-2-7-13(12)19/h1-9H,(H,20,21)(H,22,24)(H,23,25). The summed E-state index contributed by atoms with van der Waals surface area (Å²) < 4.78 is 0. The summed E-state index contributed by atoms with van der Waals surface area (Å²) in [6, 6.07) is 15.2. The maximum atomic E-state index is 12.1. The molecule has 0 aliphatic rings. The van der Waals surface area contributed by atoms with Gasteiger partial charge in [0.05, 0.1) is 16.3 Å². The number of carbonyl (C=O) groups is 2. The van der Waals surface area contributed by atoms with Gasteiger partial charge >= 0.3 is 0 Å². The molecule has 0 fully saturated rings. The van der Waals surface area contributed by atoms with Gasteiger partial charge in [0, 0.05) is 10.6 Å². The molecule has 8 heteroatoms. The molecule has 1 heterocycles. The molecule has 0 atom stereocenters. The SMILES string of the molecule is O=C(NNC(=O)c1ccccc1Cl)c1cc(-c2cccc(Cl)c2)n[nH]1. The van der Waals surface area contributed by atoms with E-state index in [-0.39, 0.29) is 11.3 Å². The topological polar surface area (TPSA) is 86.9 Å². The van der Waals surface area contributed by atoms with Crippen LogP contribution in [0.3, 0.4) is 0 Å². The number of carbonyl (C=O) groups excluding carboxylic acids is 2. The van der Waals surface area contributed by atoms with Crippen molar-refractivity contribution < 1.29 is 9.59 Å². The van der Waals surface area contributed by atoms with Crippen LogP contribution in [0.5, 0.6) is 0 Å². The molecule has 0 saturated carbocycles. The summed E-state index contributed by atoms with van der Waals surface area (Å²) in [5.41, 5.74) is 6.38. The van der Waals surface area contributed by atoms with E-state index in [0.29, 0.717) is 15.7 Å². The summed E-state index contributed by atoms with van der Waals surface area (Å²) in [5, 5.41) is 7.54. The molecular formula is C17H12Cl2N4O2. The van der Waals surface area contributed by atoms with Crippen LogP contribution >= 0.6 is 23.2 Å². The number of amides is 2.